The highest BCUT2D eigenvalue weighted by Gasteiger charge is 2.34. The van der Waals surface area contributed by atoms with Gasteiger partial charge >= 0.3 is 5.97 Å². The molecule has 3 amide bonds. The van der Waals surface area contributed by atoms with Crippen molar-refractivity contribution in [3.8, 4) is 0 Å². The van der Waals surface area contributed by atoms with E-state index in [1.165, 1.54) is 13.2 Å². The lowest BCUT2D eigenvalue weighted by molar-refractivity contribution is -0.147. The number of carbonyl (C=O) groups excluding carboxylic acids is 4. The molecule has 0 saturated heterocycles. The Morgan fingerprint density at radius 1 is 0.944 bits per heavy atom. The summed E-state index contributed by atoms with van der Waals surface area (Å²) in [6.45, 7) is 11.7. The predicted molar refractivity (Wildman–Crippen MR) is 140 cm³/mol. The van der Waals surface area contributed by atoms with Gasteiger partial charge in [0.15, 0.2) is 0 Å². The number of methoxy groups -OCH3 is 1. The third-order valence-electron chi connectivity index (χ3n) is 7.36. The van der Waals surface area contributed by atoms with Crippen molar-refractivity contribution in [3.63, 3.8) is 0 Å². The second-order valence-corrected chi connectivity index (χ2v) is 9.75. The zero-order chi connectivity index (χ0) is 27.0. The van der Waals surface area contributed by atoms with E-state index in [2.05, 4.69) is 16.0 Å². The Morgan fingerprint density at radius 2 is 1.53 bits per heavy atom. The molecule has 8 nitrogen and oxygen atoms in total. The van der Waals surface area contributed by atoms with Crippen LogP contribution in [-0.4, -0.2) is 48.9 Å². The molecule has 6 atom stereocenters. The number of carbonyl (C=O) groups is 4. The molecule has 1 aliphatic heterocycles. The zero-order valence-corrected chi connectivity index (χ0v) is 22.5. The highest BCUT2D eigenvalue weighted by atomic mass is 16.5. The average molecular weight is 500 g/mol. The van der Waals surface area contributed by atoms with E-state index in [0.717, 1.165) is 6.42 Å². The molecule has 36 heavy (non-hydrogen) atoms. The second kappa shape index (κ2) is 13.2. The van der Waals surface area contributed by atoms with E-state index >= 15 is 0 Å². The molecule has 0 aromatic heterocycles. The summed E-state index contributed by atoms with van der Waals surface area (Å²) in [5.74, 6) is -1.73. The van der Waals surface area contributed by atoms with Gasteiger partial charge in [0.25, 0.3) is 5.91 Å². The first kappa shape index (κ1) is 29.1. The number of nitrogens with one attached hydrogen (secondary N) is 3. The number of rotatable bonds is 11. The Bertz CT molecular complexity index is 989. The minimum Gasteiger partial charge on any atom is -0.467 e. The largest absolute Gasteiger partial charge is 0.467 e. The van der Waals surface area contributed by atoms with Crippen LogP contribution in [0.5, 0.6) is 0 Å². The van der Waals surface area contributed by atoms with E-state index in [-0.39, 0.29) is 29.7 Å². The third kappa shape index (κ3) is 6.74. The molecule has 198 valence electrons. The summed E-state index contributed by atoms with van der Waals surface area (Å²) in [7, 11) is 1.29. The van der Waals surface area contributed by atoms with Crippen molar-refractivity contribution in [2.24, 2.45) is 17.8 Å². The SMILES string of the molecule is CCC(C)C(NC(=O)C=C1c2ccccc2C(=O)NC1C(C)CC)C(=O)NC(C(=O)OC)C(C)CC. The summed E-state index contributed by atoms with van der Waals surface area (Å²) in [4.78, 5) is 51.5. The minimum atomic E-state index is -0.842. The topological polar surface area (TPSA) is 114 Å². The third-order valence-corrected chi connectivity index (χ3v) is 7.36. The molecule has 1 aromatic rings. The minimum absolute atomic E-state index is 0.103. The van der Waals surface area contributed by atoms with E-state index in [0.29, 0.717) is 29.5 Å². The monoisotopic (exact) mass is 499 g/mol. The van der Waals surface area contributed by atoms with Gasteiger partial charge in [-0.25, -0.2) is 4.79 Å². The quantitative estimate of drug-likeness (QED) is 0.319. The van der Waals surface area contributed by atoms with Gasteiger partial charge in [-0.05, 0) is 35.0 Å². The summed E-state index contributed by atoms with van der Waals surface area (Å²) in [6, 6.07) is 5.24. The van der Waals surface area contributed by atoms with Crippen LogP contribution in [0.1, 0.15) is 76.7 Å². The maximum absolute atomic E-state index is 13.3. The predicted octanol–water partition coefficient (Wildman–Crippen LogP) is 3.46. The second-order valence-electron chi connectivity index (χ2n) is 9.75. The molecule has 1 aromatic carbocycles. The van der Waals surface area contributed by atoms with Crippen molar-refractivity contribution in [2.45, 2.75) is 78.9 Å². The number of esters is 1. The van der Waals surface area contributed by atoms with Gasteiger partial charge in [-0.3, -0.25) is 14.4 Å². The molecule has 2 rings (SSSR count). The van der Waals surface area contributed by atoms with Crippen molar-refractivity contribution < 1.29 is 23.9 Å². The Labute approximate surface area is 214 Å². The fourth-order valence-electron chi connectivity index (χ4n) is 4.33. The highest BCUT2D eigenvalue weighted by molar-refractivity contribution is 6.07. The van der Waals surface area contributed by atoms with Gasteiger partial charge in [0.05, 0.1) is 13.2 Å². The molecular formula is C28H41N3O5. The number of benzene rings is 1. The molecule has 1 aliphatic rings. The Morgan fingerprint density at radius 3 is 2.08 bits per heavy atom. The number of ether oxygens (including phenoxy) is 1. The van der Waals surface area contributed by atoms with Crippen LogP contribution in [0.15, 0.2) is 30.3 Å². The maximum atomic E-state index is 13.3. The van der Waals surface area contributed by atoms with E-state index in [9.17, 15) is 19.2 Å². The summed E-state index contributed by atoms with van der Waals surface area (Å²) < 4.78 is 4.89. The highest BCUT2D eigenvalue weighted by Crippen LogP contribution is 2.31. The van der Waals surface area contributed by atoms with Gasteiger partial charge in [-0.15, -0.1) is 0 Å². The number of hydrogen-bond donors (Lipinski definition) is 3. The maximum Gasteiger partial charge on any atom is 0.328 e. The van der Waals surface area contributed by atoms with E-state index in [1.807, 2.05) is 53.7 Å². The van der Waals surface area contributed by atoms with Crippen LogP contribution in [0.2, 0.25) is 0 Å². The molecule has 1 heterocycles. The van der Waals surface area contributed by atoms with E-state index in [1.54, 1.807) is 12.1 Å². The van der Waals surface area contributed by atoms with Gasteiger partial charge < -0.3 is 20.7 Å². The van der Waals surface area contributed by atoms with Crippen LogP contribution in [0.3, 0.4) is 0 Å². The smallest absolute Gasteiger partial charge is 0.328 e. The first-order valence-corrected chi connectivity index (χ1v) is 12.9. The molecular weight excluding hydrogens is 458 g/mol. The van der Waals surface area contributed by atoms with Crippen LogP contribution in [-0.2, 0) is 19.1 Å². The summed E-state index contributed by atoms with van der Waals surface area (Å²) in [5, 5.41) is 8.69. The summed E-state index contributed by atoms with van der Waals surface area (Å²) in [6.07, 6.45) is 3.63. The molecule has 8 heteroatoms. The van der Waals surface area contributed by atoms with Crippen molar-refractivity contribution in [2.75, 3.05) is 7.11 Å². The Balaban J connectivity index is 2.37. The zero-order valence-electron chi connectivity index (χ0n) is 22.5. The van der Waals surface area contributed by atoms with Crippen LogP contribution >= 0.6 is 0 Å². The first-order chi connectivity index (χ1) is 17.1. The first-order valence-electron chi connectivity index (χ1n) is 12.9. The number of fused-ring (bicyclic) bond motifs is 1. The molecule has 6 unspecified atom stereocenters. The van der Waals surface area contributed by atoms with E-state index in [4.69, 9.17) is 4.74 Å². The van der Waals surface area contributed by atoms with Crippen LogP contribution < -0.4 is 16.0 Å². The van der Waals surface area contributed by atoms with Crippen molar-refractivity contribution in [1.29, 1.82) is 0 Å². The summed E-state index contributed by atoms with van der Waals surface area (Å²) >= 11 is 0. The Kier molecular flexibility index (Phi) is 10.7. The molecule has 0 spiro atoms. The number of amides is 3. The van der Waals surface area contributed by atoms with Crippen LogP contribution in [0, 0.1) is 17.8 Å². The van der Waals surface area contributed by atoms with Crippen LogP contribution in [0.4, 0.5) is 0 Å². The molecule has 0 radical (unpaired) electrons. The fourth-order valence-corrected chi connectivity index (χ4v) is 4.33. The molecule has 0 aliphatic carbocycles. The normalized spacial score (nSPS) is 20.2. The van der Waals surface area contributed by atoms with Gasteiger partial charge in [0, 0.05) is 11.6 Å². The fraction of sp³-hybridized carbons (Fsp3) is 0.571. The summed E-state index contributed by atoms with van der Waals surface area (Å²) in [5.41, 5.74) is 1.95. The molecule has 3 N–H and O–H groups in total. The molecule has 0 bridgehead atoms. The average Bonchev–Trinajstić information content (AvgIpc) is 2.89. The van der Waals surface area contributed by atoms with Crippen molar-refractivity contribution >= 4 is 29.3 Å². The lowest BCUT2D eigenvalue weighted by atomic mass is 9.82. The van der Waals surface area contributed by atoms with E-state index < -0.39 is 29.9 Å². The standard InChI is InChI=1S/C28H41N3O5/c1-8-16(4)23-21(19-13-11-12-14-20(19)26(33)30-23)15-22(32)29-24(17(5)9-2)27(34)31-25(18(6)10-3)28(35)36-7/h11-18,23-25H,8-10H2,1-7H3,(H,29,32)(H,30,33)(H,31,34). The number of hydrogen-bond acceptors (Lipinski definition) is 5. The molecule has 0 saturated carbocycles. The van der Waals surface area contributed by atoms with Gasteiger partial charge in [0.2, 0.25) is 11.8 Å². The van der Waals surface area contributed by atoms with Gasteiger partial charge in [-0.2, -0.15) is 0 Å². The lowest BCUT2D eigenvalue weighted by Gasteiger charge is -2.33. The molecule has 0 fully saturated rings. The van der Waals surface area contributed by atoms with Crippen molar-refractivity contribution in [3.05, 3.63) is 41.5 Å². The van der Waals surface area contributed by atoms with Gasteiger partial charge in [-0.1, -0.05) is 79.0 Å². The van der Waals surface area contributed by atoms with Crippen LogP contribution in [0.25, 0.3) is 5.57 Å². The Hall–Kier alpha value is -3.16. The van der Waals surface area contributed by atoms with Crippen molar-refractivity contribution in [1.82, 2.24) is 16.0 Å². The lowest BCUT2D eigenvalue weighted by Crippen LogP contribution is -2.55. The van der Waals surface area contributed by atoms with Gasteiger partial charge in [0.1, 0.15) is 12.1 Å².